The minimum Gasteiger partial charge on any atom is -0.467 e. The Morgan fingerprint density at radius 2 is 1.52 bits per heavy atom. The highest BCUT2D eigenvalue weighted by Crippen LogP contribution is 2.23. The molecular formula is C23H22N4O4. The second-order valence-electron chi connectivity index (χ2n) is 7.27. The van der Waals surface area contributed by atoms with E-state index in [1.165, 1.54) is 0 Å². The first-order valence-electron chi connectivity index (χ1n) is 9.91. The van der Waals surface area contributed by atoms with Crippen molar-refractivity contribution < 1.29 is 18.8 Å². The molecular weight excluding hydrogens is 396 g/mol. The van der Waals surface area contributed by atoms with Gasteiger partial charge in [-0.15, -0.1) is 0 Å². The number of carbonyl (C=O) groups is 3. The average Bonchev–Trinajstić information content (AvgIpc) is 3.40. The van der Waals surface area contributed by atoms with Gasteiger partial charge in [0.2, 0.25) is 11.8 Å². The van der Waals surface area contributed by atoms with Crippen LogP contribution in [0.2, 0.25) is 0 Å². The molecule has 3 aromatic rings. The number of anilines is 3. The number of nitrogens with zero attached hydrogens (tertiary/aromatic N) is 1. The number of amides is 4. The lowest BCUT2D eigenvalue weighted by molar-refractivity contribution is -0.128. The lowest BCUT2D eigenvalue weighted by atomic mass is 10.1. The van der Waals surface area contributed by atoms with Gasteiger partial charge in [0.15, 0.2) is 0 Å². The van der Waals surface area contributed by atoms with Crippen molar-refractivity contribution in [2.45, 2.75) is 13.0 Å². The van der Waals surface area contributed by atoms with Gasteiger partial charge in [0.1, 0.15) is 5.76 Å². The van der Waals surface area contributed by atoms with E-state index in [0.717, 1.165) is 0 Å². The van der Waals surface area contributed by atoms with Crippen molar-refractivity contribution >= 4 is 34.9 Å². The number of urea groups is 1. The van der Waals surface area contributed by atoms with Crippen LogP contribution in [0, 0.1) is 5.92 Å². The smallest absolute Gasteiger partial charge is 0.323 e. The van der Waals surface area contributed by atoms with E-state index in [-0.39, 0.29) is 24.3 Å². The monoisotopic (exact) mass is 418 g/mol. The van der Waals surface area contributed by atoms with Gasteiger partial charge in [0, 0.05) is 30.0 Å². The van der Waals surface area contributed by atoms with E-state index in [9.17, 15) is 14.4 Å². The Hall–Kier alpha value is -4.07. The van der Waals surface area contributed by atoms with Gasteiger partial charge in [-0.1, -0.05) is 18.2 Å². The number of benzene rings is 2. The molecule has 1 aliphatic rings. The first kappa shape index (κ1) is 20.2. The first-order valence-corrected chi connectivity index (χ1v) is 9.91. The highest BCUT2D eigenvalue weighted by atomic mass is 16.3. The predicted octanol–water partition coefficient (Wildman–Crippen LogP) is 3.91. The number of nitrogens with one attached hydrogen (secondary N) is 3. The Balaban J connectivity index is 1.28. The van der Waals surface area contributed by atoms with Gasteiger partial charge in [-0.05, 0) is 48.5 Å². The zero-order valence-electron chi connectivity index (χ0n) is 16.7. The molecule has 0 unspecified atom stereocenters. The summed E-state index contributed by atoms with van der Waals surface area (Å²) in [7, 11) is 0. The van der Waals surface area contributed by atoms with E-state index in [2.05, 4.69) is 16.0 Å². The van der Waals surface area contributed by atoms with E-state index in [1.54, 1.807) is 59.7 Å². The molecule has 8 nitrogen and oxygen atoms in total. The number of likely N-dealkylation sites (tertiary alicyclic amines) is 1. The van der Waals surface area contributed by atoms with Crippen LogP contribution in [0.1, 0.15) is 12.2 Å². The molecule has 0 saturated carbocycles. The van der Waals surface area contributed by atoms with Crippen molar-refractivity contribution in [3.8, 4) is 0 Å². The summed E-state index contributed by atoms with van der Waals surface area (Å²) >= 11 is 0. The van der Waals surface area contributed by atoms with Crippen LogP contribution in [0.3, 0.4) is 0 Å². The molecule has 31 heavy (non-hydrogen) atoms. The van der Waals surface area contributed by atoms with Crippen LogP contribution in [0.15, 0.2) is 77.4 Å². The number of carbonyl (C=O) groups excluding carboxylic acids is 3. The Morgan fingerprint density at radius 1 is 0.871 bits per heavy atom. The number of para-hydroxylation sites is 1. The zero-order chi connectivity index (χ0) is 21.6. The van der Waals surface area contributed by atoms with Gasteiger partial charge in [0.25, 0.3) is 0 Å². The summed E-state index contributed by atoms with van der Waals surface area (Å²) in [4.78, 5) is 38.5. The van der Waals surface area contributed by atoms with Gasteiger partial charge in [-0.3, -0.25) is 9.59 Å². The number of hydrogen-bond acceptors (Lipinski definition) is 4. The molecule has 0 aliphatic carbocycles. The van der Waals surface area contributed by atoms with Gasteiger partial charge in [0.05, 0.1) is 18.7 Å². The van der Waals surface area contributed by atoms with E-state index >= 15 is 0 Å². The molecule has 0 bridgehead atoms. The van der Waals surface area contributed by atoms with Gasteiger partial charge < -0.3 is 25.3 Å². The summed E-state index contributed by atoms with van der Waals surface area (Å²) in [5.74, 6) is -0.0101. The fourth-order valence-corrected chi connectivity index (χ4v) is 3.39. The van der Waals surface area contributed by atoms with Crippen molar-refractivity contribution in [2.24, 2.45) is 5.92 Å². The maximum Gasteiger partial charge on any atom is 0.323 e. The number of rotatable bonds is 6. The average molecular weight is 418 g/mol. The summed E-state index contributed by atoms with van der Waals surface area (Å²) in [6.07, 6.45) is 1.73. The minimum atomic E-state index is -0.420. The number of furan rings is 1. The van der Waals surface area contributed by atoms with E-state index < -0.39 is 5.92 Å². The van der Waals surface area contributed by atoms with E-state index in [1.807, 2.05) is 18.2 Å². The molecule has 4 amide bonds. The molecule has 1 aromatic heterocycles. The molecule has 4 rings (SSSR count). The van der Waals surface area contributed by atoms with Crippen LogP contribution in [0.4, 0.5) is 21.9 Å². The molecule has 0 spiro atoms. The quantitative estimate of drug-likeness (QED) is 0.565. The Bertz CT molecular complexity index is 1050. The van der Waals surface area contributed by atoms with Crippen molar-refractivity contribution in [2.75, 3.05) is 22.5 Å². The molecule has 2 heterocycles. The van der Waals surface area contributed by atoms with Crippen LogP contribution in [0.5, 0.6) is 0 Å². The van der Waals surface area contributed by atoms with Crippen LogP contribution >= 0.6 is 0 Å². The Morgan fingerprint density at radius 3 is 2.16 bits per heavy atom. The fraction of sp³-hybridized carbons (Fsp3) is 0.174. The van der Waals surface area contributed by atoms with Gasteiger partial charge in [-0.2, -0.15) is 0 Å². The molecule has 0 radical (unpaired) electrons. The summed E-state index contributed by atoms with van der Waals surface area (Å²) in [5, 5.41) is 8.31. The standard InChI is InChI=1S/C23H22N4O4/c28-21-13-16(14-27(21)15-20-7-4-12-31-20)22(29)24-18-8-10-19(11-9-18)26-23(30)25-17-5-2-1-3-6-17/h1-12,16H,13-15H2,(H,24,29)(H2,25,26,30)/t16-/m1/s1. The highest BCUT2D eigenvalue weighted by molar-refractivity contribution is 6.00. The minimum absolute atomic E-state index is 0.0690. The molecule has 158 valence electrons. The van der Waals surface area contributed by atoms with Crippen LogP contribution < -0.4 is 16.0 Å². The van der Waals surface area contributed by atoms with Gasteiger partial charge >= 0.3 is 6.03 Å². The second kappa shape index (κ2) is 9.17. The summed E-state index contributed by atoms with van der Waals surface area (Å²) in [5.41, 5.74) is 1.87. The maximum atomic E-state index is 12.6. The highest BCUT2D eigenvalue weighted by Gasteiger charge is 2.34. The van der Waals surface area contributed by atoms with Crippen LogP contribution in [-0.2, 0) is 16.1 Å². The summed E-state index contributed by atoms with van der Waals surface area (Å²) in [6.45, 7) is 0.714. The largest absolute Gasteiger partial charge is 0.467 e. The maximum absolute atomic E-state index is 12.6. The molecule has 1 atom stereocenters. The van der Waals surface area contributed by atoms with E-state index in [0.29, 0.717) is 35.9 Å². The topological polar surface area (TPSA) is 104 Å². The third-order valence-electron chi connectivity index (χ3n) is 4.95. The second-order valence-corrected chi connectivity index (χ2v) is 7.27. The van der Waals surface area contributed by atoms with E-state index in [4.69, 9.17) is 4.42 Å². The molecule has 3 N–H and O–H groups in total. The fourth-order valence-electron chi connectivity index (χ4n) is 3.39. The molecule has 1 aliphatic heterocycles. The van der Waals surface area contributed by atoms with Crippen molar-refractivity contribution in [1.82, 2.24) is 4.90 Å². The van der Waals surface area contributed by atoms with Crippen molar-refractivity contribution in [3.05, 3.63) is 78.8 Å². The molecule has 1 saturated heterocycles. The first-order chi connectivity index (χ1) is 15.1. The SMILES string of the molecule is O=C(Nc1ccccc1)Nc1ccc(NC(=O)[C@@H]2CC(=O)N(Cc3ccco3)C2)cc1. The predicted molar refractivity (Wildman–Crippen MR) is 116 cm³/mol. The summed E-state index contributed by atoms with van der Waals surface area (Å²) < 4.78 is 5.28. The van der Waals surface area contributed by atoms with Gasteiger partial charge in [-0.25, -0.2) is 4.79 Å². The molecule has 1 fully saturated rings. The Kier molecular flexibility index (Phi) is 5.98. The van der Waals surface area contributed by atoms with Crippen molar-refractivity contribution in [1.29, 1.82) is 0 Å². The third kappa shape index (κ3) is 5.30. The summed E-state index contributed by atoms with van der Waals surface area (Å²) in [6, 6.07) is 19.1. The lowest BCUT2D eigenvalue weighted by Gasteiger charge is -2.15. The zero-order valence-corrected chi connectivity index (χ0v) is 16.7. The molecule has 2 aromatic carbocycles. The van der Waals surface area contributed by atoms with Crippen LogP contribution in [-0.4, -0.2) is 29.3 Å². The van der Waals surface area contributed by atoms with Crippen molar-refractivity contribution in [3.63, 3.8) is 0 Å². The lowest BCUT2D eigenvalue weighted by Crippen LogP contribution is -2.27. The van der Waals surface area contributed by atoms with Crippen LogP contribution in [0.25, 0.3) is 0 Å². The molecule has 8 heteroatoms. The number of hydrogen-bond donors (Lipinski definition) is 3. The normalized spacial score (nSPS) is 15.5. The third-order valence-corrected chi connectivity index (χ3v) is 4.95. The Labute approximate surface area is 179 Å².